The van der Waals surface area contributed by atoms with Crippen molar-refractivity contribution in [2.75, 3.05) is 19.4 Å². The lowest BCUT2D eigenvalue weighted by atomic mass is 10.00. The van der Waals surface area contributed by atoms with Gasteiger partial charge in [0, 0.05) is 36.5 Å². The summed E-state index contributed by atoms with van der Waals surface area (Å²) < 4.78 is 0. The maximum Gasteiger partial charge on any atom is 0.255 e. The monoisotopic (exact) mass is 387 g/mol. The molecule has 0 spiro atoms. The molecule has 29 heavy (non-hydrogen) atoms. The van der Waals surface area contributed by atoms with E-state index in [2.05, 4.69) is 5.32 Å². The predicted molar refractivity (Wildman–Crippen MR) is 113 cm³/mol. The molecule has 0 aromatic heterocycles. The molecule has 3 rings (SSSR count). The molecule has 0 aliphatic rings. The third-order valence-corrected chi connectivity index (χ3v) is 4.38. The third kappa shape index (κ3) is 4.68. The number of hydrogen-bond donors (Lipinski definition) is 2. The molecule has 0 saturated carbocycles. The van der Waals surface area contributed by atoms with E-state index in [0.29, 0.717) is 22.4 Å². The van der Waals surface area contributed by atoms with Gasteiger partial charge in [-0.25, -0.2) is 0 Å². The van der Waals surface area contributed by atoms with Crippen LogP contribution >= 0.6 is 0 Å². The molecule has 0 unspecified atom stereocenters. The number of nitrogens with one attached hydrogen (secondary N) is 1. The van der Waals surface area contributed by atoms with E-state index in [0.717, 1.165) is 11.1 Å². The molecule has 3 aromatic carbocycles. The Balaban J connectivity index is 2.00. The number of amides is 3. The van der Waals surface area contributed by atoms with Crippen molar-refractivity contribution in [3.63, 3.8) is 0 Å². The normalized spacial score (nSPS) is 10.3. The molecular weight excluding hydrogens is 366 g/mol. The summed E-state index contributed by atoms with van der Waals surface area (Å²) >= 11 is 0. The van der Waals surface area contributed by atoms with E-state index in [1.807, 2.05) is 6.07 Å². The summed E-state index contributed by atoms with van der Waals surface area (Å²) in [4.78, 5) is 37.8. The standard InChI is InChI=1S/C23H21N3O3/c1-26(2)23(29)19-12-18(15-8-10-16(11-9-15)21(24)27)13-20(14-19)25-22(28)17-6-4-3-5-7-17/h3-14H,1-2H3,(H2,24,27)(H,25,28). The van der Waals surface area contributed by atoms with E-state index in [9.17, 15) is 14.4 Å². The SMILES string of the molecule is CN(C)C(=O)c1cc(NC(=O)c2ccccc2)cc(-c2ccc(C(N)=O)cc2)c1. The Kier molecular flexibility index (Phi) is 5.74. The average Bonchev–Trinajstić information content (AvgIpc) is 2.73. The minimum absolute atomic E-state index is 0.184. The average molecular weight is 387 g/mol. The van der Waals surface area contributed by atoms with Gasteiger partial charge in [0.25, 0.3) is 11.8 Å². The van der Waals surface area contributed by atoms with Crippen LogP contribution in [0, 0.1) is 0 Å². The Hall–Kier alpha value is -3.93. The van der Waals surface area contributed by atoms with E-state index in [1.165, 1.54) is 4.90 Å². The van der Waals surface area contributed by atoms with Crippen LogP contribution in [0.1, 0.15) is 31.1 Å². The van der Waals surface area contributed by atoms with Crippen LogP contribution < -0.4 is 11.1 Å². The lowest BCUT2D eigenvalue weighted by Gasteiger charge is -2.14. The maximum absolute atomic E-state index is 12.5. The minimum Gasteiger partial charge on any atom is -0.366 e. The molecule has 6 nitrogen and oxygen atoms in total. The smallest absolute Gasteiger partial charge is 0.255 e. The molecule has 0 heterocycles. The van der Waals surface area contributed by atoms with Crippen LogP contribution in [0.4, 0.5) is 5.69 Å². The molecule has 0 aliphatic carbocycles. The second kappa shape index (κ2) is 8.39. The fraction of sp³-hybridized carbons (Fsp3) is 0.0870. The summed E-state index contributed by atoms with van der Waals surface area (Å²) in [7, 11) is 3.33. The number of carbonyl (C=O) groups is 3. The van der Waals surface area contributed by atoms with Gasteiger partial charge in [-0.1, -0.05) is 30.3 Å². The fourth-order valence-corrected chi connectivity index (χ4v) is 2.87. The molecule has 3 amide bonds. The molecule has 3 N–H and O–H groups in total. The maximum atomic E-state index is 12.5. The largest absolute Gasteiger partial charge is 0.366 e. The van der Waals surface area contributed by atoms with Crippen molar-refractivity contribution in [3.05, 3.63) is 89.5 Å². The van der Waals surface area contributed by atoms with E-state index in [-0.39, 0.29) is 11.8 Å². The molecule has 0 bridgehead atoms. The van der Waals surface area contributed by atoms with Crippen LogP contribution in [0.15, 0.2) is 72.8 Å². The number of nitrogens with two attached hydrogens (primary N) is 1. The highest BCUT2D eigenvalue weighted by Crippen LogP contribution is 2.26. The van der Waals surface area contributed by atoms with Gasteiger partial charge in [0.1, 0.15) is 0 Å². The van der Waals surface area contributed by atoms with Crippen LogP contribution in [-0.2, 0) is 0 Å². The highest BCUT2D eigenvalue weighted by molar-refractivity contribution is 6.05. The molecule has 3 aromatic rings. The van der Waals surface area contributed by atoms with Crippen molar-refractivity contribution in [1.29, 1.82) is 0 Å². The van der Waals surface area contributed by atoms with Gasteiger partial charge in [-0.05, 0) is 53.6 Å². The summed E-state index contributed by atoms with van der Waals surface area (Å²) in [5, 5.41) is 2.85. The topological polar surface area (TPSA) is 92.5 Å². The zero-order valence-corrected chi connectivity index (χ0v) is 16.2. The molecule has 0 aliphatic heterocycles. The Bertz CT molecular complexity index is 1060. The van der Waals surface area contributed by atoms with Crippen LogP contribution in [0.5, 0.6) is 0 Å². The van der Waals surface area contributed by atoms with Crippen LogP contribution in [0.25, 0.3) is 11.1 Å². The van der Waals surface area contributed by atoms with Gasteiger partial charge < -0.3 is 16.0 Å². The summed E-state index contributed by atoms with van der Waals surface area (Å²) in [5.74, 6) is -0.963. The van der Waals surface area contributed by atoms with Gasteiger partial charge >= 0.3 is 0 Å². The lowest BCUT2D eigenvalue weighted by molar-refractivity contribution is 0.0827. The van der Waals surface area contributed by atoms with Crippen LogP contribution in [0.3, 0.4) is 0 Å². The Labute approximate surface area is 169 Å². The molecule has 146 valence electrons. The number of rotatable bonds is 5. The third-order valence-electron chi connectivity index (χ3n) is 4.38. The Morgan fingerprint density at radius 1 is 0.759 bits per heavy atom. The molecule has 0 atom stereocenters. The lowest BCUT2D eigenvalue weighted by Crippen LogP contribution is -2.22. The fourth-order valence-electron chi connectivity index (χ4n) is 2.87. The van der Waals surface area contributed by atoms with Gasteiger partial charge in [-0.3, -0.25) is 14.4 Å². The van der Waals surface area contributed by atoms with Gasteiger partial charge in [-0.15, -0.1) is 0 Å². The van der Waals surface area contributed by atoms with Crippen molar-refractivity contribution in [3.8, 4) is 11.1 Å². The first kappa shape index (κ1) is 19.8. The predicted octanol–water partition coefficient (Wildman–Crippen LogP) is 3.41. The first-order valence-corrected chi connectivity index (χ1v) is 8.98. The van der Waals surface area contributed by atoms with E-state index in [4.69, 9.17) is 5.73 Å². The first-order valence-electron chi connectivity index (χ1n) is 8.98. The molecule has 6 heteroatoms. The first-order chi connectivity index (χ1) is 13.8. The van der Waals surface area contributed by atoms with Gasteiger partial charge in [0.2, 0.25) is 5.91 Å². The van der Waals surface area contributed by atoms with E-state index < -0.39 is 5.91 Å². The molecule has 0 saturated heterocycles. The van der Waals surface area contributed by atoms with Gasteiger partial charge in [-0.2, -0.15) is 0 Å². The number of carbonyl (C=O) groups excluding carboxylic acids is 3. The second-order valence-electron chi connectivity index (χ2n) is 6.76. The molecule has 0 radical (unpaired) electrons. The van der Waals surface area contributed by atoms with Crippen LogP contribution in [0.2, 0.25) is 0 Å². The Morgan fingerprint density at radius 2 is 1.41 bits per heavy atom. The van der Waals surface area contributed by atoms with Crippen molar-refractivity contribution in [2.24, 2.45) is 5.73 Å². The van der Waals surface area contributed by atoms with Crippen molar-refractivity contribution >= 4 is 23.4 Å². The minimum atomic E-state index is -0.510. The zero-order valence-electron chi connectivity index (χ0n) is 16.2. The highest BCUT2D eigenvalue weighted by atomic mass is 16.2. The van der Waals surface area contributed by atoms with E-state index in [1.54, 1.807) is 80.8 Å². The quantitative estimate of drug-likeness (QED) is 0.703. The van der Waals surface area contributed by atoms with Gasteiger partial charge in [0.05, 0.1) is 0 Å². The summed E-state index contributed by atoms with van der Waals surface area (Å²) in [6.45, 7) is 0. The van der Waals surface area contributed by atoms with Gasteiger partial charge in [0.15, 0.2) is 0 Å². The zero-order chi connectivity index (χ0) is 21.0. The number of anilines is 1. The summed E-state index contributed by atoms with van der Waals surface area (Å²) in [6, 6.07) is 20.8. The van der Waals surface area contributed by atoms with Crippen molar-refractivity contribution in [1.82, 2.24) is 4.90 Å². The number of primary amides is 1. The van der Waals surface area contributed by atoms with Crippen molar-refractivity contribution in [2.45, 2.75) is 0 Å². The summed E-state index contributed by atoms with van der Waals surface area (Å²) in [5.41, 5.74) is 8.67. The Morgan fingerprint density at radius 3 is 2.00 bits per heavy atom. The van der Waals surface area contributed by atoms with Crippen molar-refractivity contribution < 1.29 is 14.4 Å². The second-order valence-corrected chi connectivity index (χ2v) is 6.76. The number of benzene rings is 3. The number of hydrogen-bond acceptors (Lipinski definition) is 3. The summed E-state index contributed by atoms with van der Waals surface area (Å²) in [6.07, 6.45) is 0. The van der Waals surface area contributed by atoms with Crippen LogP contribution in [-0.4, -0.2) is 36.7 Å². The number of nitrogens with zero attached hydrogens (tertiary/aromatic N) is 1. The molecule has 0 fully saturated rings. The highest BCUT2D eigenvalue weighted by Gasteiger charge is 2.14. The molecular formula is C23H21N3O3. The van der Waals surface area contributed by atoms with E-state index >= 15 is 0 Å².